The third kappa shape index (κ3) is 4.79. The average Bonchev–Trinajstić information content (AvgIpc) is 2.77. The molecule has 0 aliphatic carbocycles. The number of hydrogen-bond acceptors (Lipinski definition) is 0. The van der Waals surface area contributed by atoms with E-state index in [-0.39, 0.29) is 28.7 Å². The lowest BCUT2D eigenvalue weighted by atomic mass is 9.87. The van der Waals surface area contributed by atoms with Crippen LogP contribution in [0.4, 0.5) is 22.0 Å². The van der Waals surface area contributed by atoms with Gasteiger partial charge in [0.1, 0.15) is 0 Å². The molecule has 32 heavy (non-hydrogen) atoms. The highest BCUT2D eigenvalue weighted by atomic mass is 19.4. The van der Waals surface area contributed by atoms with E-state index in [1.807, 2.05) is 12.1 Å². The summed E-state index contributed by atoms with van der Waals surface area (Å²) in [6.45, 7) is 3.75. The summed E-state index contributed by atoms with van der Waals surface area (Å²) in [5.41, 5.74) is 0.942. The lowest BCUT2D eigenvalue weighted by molar-refractivity contribution is -0.137. The van der Waals surface area contributed by atoms with Crippen molar-refractivity contribution in [2.45, 2.75) is 52.1 Å². The van der Waals surface area contributed by atoms with Crippen molar-refractivity contribution in [3.63, 3.8) is 0 Å². The summed E-state index contributed by atoms with van der Waals surface area (Å²) < 4.78 is 68.0. The predicted octanol–water partition coefficient (Wildman–Crippen LogP) is 8.76. The smallest absolute Gasteiger partial charge is 0.286 e. The summed E-state index contributed by atoms with van der Waals surface area (Å²) in [7, 11) is 0. The van der Waals surface area contributed by atoms with Crippen LogP contribution in [0.1, 0.15) is 49.8 Å². The van der Waals surface area contributed by atoms with Crippen LogP contribution >= 0.6 is 0 Å². The van der Waals surface area contributed by atoms with Crippen LogP contribution in [0.25, 0.3) is 22.3 Å². The topological polar surface area (TPSA) is 19.9 Å². The second kappa shape index (κ2) is 9.72. The molecule has 0 spiro atoms. The van der Waals surface area contributed by atoms with Gasteiger partial charge in [-0.1, -0.05) is 63.1 Å². The van der Waals surface area contributed by atoms with Crippen LogP contribution < -0.4 is 0 Å². The molecule has 1 nitrogen and oxygen atoms in total. The van der Waals surface area contributed by atoms with Gasteiger partial charge in [0.05, 0.1) is 5.56 Å². The summed E-state index contributed by atoms with van der Waals surface area (Å²) in [6.07, 6.45) is -0.325. The van der Waals surface area contributed by atoms with Crippen molar-refractivity contribution in [2.75, 3.05) is 0 Å². The fraction of sp³-hybridized carbons (Fsp3) is 0.308. The molecule has 1 radical (unpaired) electrons. The maximum atomic E-state index is 14.7. The van der Waals surface area contributed by atoms with E-state index in [0.29, 0.717) is 5.56 Å². The molecule has 6 heteroatoms. The maximum absolute atomic E-state index is 14.7. The van der Waals surface area contributed by atoms with E-state index in [0.717, 1.165) is 55.5 Å². The van der Waals surface area contributed by atoms with Gasteiger partial charge in [-0.3, -0.25) is 5.11 Å². The Labute approximate surface area is 184 Å². The largest absolute Gasteiger partial charge is 0.416 e. The lowest BCUT2D eigenvalue weighted by Crippen LogP contribution is -2.05. The highest BCUT2D eigenvalue weighted by molar-refractivity contribution is 5.90. The quantitative estimate of drug-likeness (QED) is 0.255. The van der Waals surface area contributed by atoms with Crippen molar-refractivity contribution >= 4 is 0 Å². The van der Waals surface area contributed by atoms with E-state index < -0.39 is 29.1 Å². The van der Waals surface area contributed by atoms with E-state index in [4.69, 9.17) is 0 Å². The number of benzene rings is 3. The van der Waals surface area contributed by atoms with Crippen molar-refractivity contribution in [1.82, 2.24) is 0 Å². The second-order valence-electron chi connectivity index (χ2n) is 7.77. The Hall–Kier alpha value is -2.89. The Morgan fingerprint density at radius 2 is 1.31 bits per heavy atom. The van der Waals surface area contributed by atoms with Gasteiger partial charge in [0.15, 0.2) is 5.82 Å². The van der Waals surface area contributed by atoms with Crippen molar-refractivity contribution in [3.8, 4) is 28.0 Å². The molecular weight excluding hydrogens is 423 g/mol. The number of unbranched alkanes of at least 4 members (excludes halogenated alkanes) is 2. The molecular formula is C26H24F5O. The zero-order valence-corrected chi connectivity index (χ0v) is 18.0. The van der Waals surface area contributed by atoms with Gasteiger partial charge in [0.2, 0.25) is 11.6 Å². The first-order valence-electron chi connectivity index (χ1n) is 10.7. The predicted molar refractivity (Wildman–Crippen MR) is 115 cm³/mol. The Morgan fingerprint density at radius 1 is 0.750 bits per heavy atom. The molecule has 0 aliphatic heterocycles. The summed E-state index contributed by atoms with van der Waals surface area (Å²) in [4.78, 5) is 0. The molecule has 3 aromatic rings. The molecule has 169 valence electrons. The average molecular weight is 447 g/mol. The number of halogens is 5. The molecule has 0 amide bonds. The molecule has 0 saturated carbocycles. The number of rotatable bonds is 7. The third-order valence-electron chi connectivity index (χ3n) is 5.60. The van der Waals surface area contributed by atoms with Crippen LogP contribution in [0.3, 0.4) is 0 Å². The Bertz CT molecular complexity index is 1070. The van der Waals surface area contributed by atoms with Gasteiger partial charge in [-0.15, -0.1) is 0 Å². The van der Waals surface area contributed by atoms with Gasteiger partial charge in [0, 0.05) is 5.56 Å². The zero-order chi connectivity index (χ0) is 23.5. The van der Waals surface area contributed by atoms with E-state index in [1.165, 1.54) is 0 Å². The van der Waals surface area contributed by atoms with E-state index >= 15 is 0 Å². The maximum Gasteiger partial charge on any atom is 0.416 e. The molecule has 0 heterocycles. The molecule has 0 bridgehead atoms. The summed E-state index contributed by atoms with van der Waals surface area (Å²) in [5, 5.41) is 12.7. The fourth-order valence-corrected chi connectivity index (χ4v) is 3.89. The first-order valence-corrected chi connectivity index (χ1v) is 10.7. The highest BCUT2D eigenvalue weighted by Crippen LogP contribution is 2.45. The molecule has 0 fully saturated rings. The Kier molecular flexibility index (Phi) is 7.22. The van der Waals surface area contributed by atoms with Crippen LogP contribution in [-0.4, -0.2) is 0 Å². The number of alkyl halides is 3. The van der Waals surface area contributed by atoms with Crippen LogP contribution in [0, 0.1) is 11.6 Å². The standard InChI is InChI=1S/C26H24F5O/c1-3-5-6-7-16-8-10-17(11-9-16)21-20(4-2)23(27)24(28)25(32)22(21)18-12-14-19(15-13-18)26(29,30)31/h8-15H,3-7H2,1-2H3. The van der Waals surface area contributed by atoms with E-state index in [1.54, 1.807) is 19.1 Å². The number of hydrogen-bond donors (Lipinski definition) is 0. The van der Waals surface area contributed by atoms with Gasteiger partial charge in [-0.25, -0.2) is 4.39 Å². The van der Waals surface area contributed by atoms with Crippen LogP contribution in [-0.2, 0) is 24.1 Å². The molecule has 0 unspecified atom stereocenters. The minimum absolute atomic E-state index is 0.0238. The molecule has 3 rings (SSSR count). The first-order chi connectivity index (χ1) is 15.2. The summed E-state index contributed by atoms with van der Waals surface area (Å²) in [6, 6.07) is 11.2. The van der Waals surface area contributed by atoms with E-state index in [9.17, 15) is 27.1 Å². The Morgan fingerprint density at radius 3 is 1.84 bits per heavy atom. The molecule has 0 saturated heterocycles. The minimum atomic E-state index is -4.54. The molecule has 0 N–H and O–H groups in total. The third-order valence-corrected chi connectivity index (χ3v) is 5.60. The normalized spacial score (nSPS) is 11.7. The van der Waals surface area contributed by atoms with Gasteiger partial charge >= 0.3 is 6.18 Å². The number of aryl methyl sites for hydroxylation is 1. The van der Waals surface area contributed by atoms with Gasteiger partial charge < -0.3 is 0 Å². The molecule has 3 aromatic carbocycles. The van der Waals surface area contributed by atoms with Crippen LogP contribution in [0.15, 0.2) is 48.5 Å². The highest BCUT2D eigenvalue weighted by Gasteiger charge is 2.31. The van der Waals surface area contributed by atoms with Crippen LogP contribution in [0.5, 0.6) is 5.75 Å². The van der Waals surface area contributed by atoms with Crippen molar-refractivity contribution in [3.05, 3.63) is 76.9 Å². The molecule has 0 aromatic heterocycles. The monoisotopic (exact) mass is 447 g/mol. The van der Waals surface area contributed by atoms with E-state index in [2.05, 4.69) is 6.92 Å². The summed E-state index contributed by atoms with van der Waals surface area (Å²) in [5.74, 6) is -3.90. The zero-order valence-electron chi connectivity index (χ0n) is 18.0. The minimum Gasteiger partial charge on any atom is -0.286 e. The SMILES string of the molecule is CCCCCc1ccc(-c2c(CC)c(F)c(F)c([O])c2-c2ccc(C(F)(F)F)cc2)cc1. The lowest BCUT2D eigenvalue weighted by Gasteiger charge is -2.18. The first kappa shape index (κ1) is 23.8. The fourth-order valence-electron chi connectivity index (χ4n) is 3.89. The van der Waals surface area contributed by atoms with Crippen molar-refractivity contribution in [1.29, 1.82) is 0 Å². The van der Waals surface area contributed by atoms with Gasteiger partial charge in [-0.05, 0) is 59.2 Å². The Balaban J connectivity index is 2.17. The van der Waals surface area contributed by atoms with Crippen molar-refractivity contribution < 1.29 is 27.1 Å². The molecule has 0 aliphatic rings. The second-order valence-corrected chi connectivity index (χ2v) is 7.77. The van der Waals surface area contributed by atoms with Crippen LogP contribution in [0.2, 0.25) is 0 Å². The van der Waals surface area contributed by atoms with Crippen molar-refractivity contribution in [2.24, 2.45) is 0 Å². The van der Waals surface area contributed by atoms with Gasteiger partial charge in [-0.2, -0.15) is 17.6 Å². The van der Waals surface area contributed by atoms with Gasteiger partial charge in [0.25, 0.3) is 0 Å². The summed E-state index contributed by atoms with van der Waals surface area (Å²) >= 11 is 0. The molecule has 0 atom stereocenters.